The van der Waals surface area contributed by atoms with E-state index in [1.165, 1.54) is 24.5 Å². The van der Waals surface area contributed by atoms with Crippen molar-refractivity contribution in [2.24, 2.45) is 0 Å². The van der Waals surface area contributed by atoms with Gasteiger partial charge in [0.05, 0.1) is 6.26 Å². The topological polar surface area (TPSA) is 80.6 Å². The Kier molecular flexibility index (Phi) is 7.70. The third-order valence-corrected chi connectivity index (χ3v) is 5.05. The van der Waals surface area contributed by atoms with Crippen LogP contribution in [0.25, 0.3) is 6.08 Å². The quantitative estimate of drug-likeness (QED) is 0.334. The van der Waals surface area contributed by atoms with Gasteiger partial charge in [0.1, 0.15) is 29.6 Å². The highest BCUT2D eigenvalue weighted by Crippen LogP contribution is 2.15. The lowest BCUT2D eigenvalue weighted by Crippen LogP contribution is -2.34. The van der Waals surface area contributed by atoms with E-state index in [1.807, 2.05) is 18.2 Å². The number of furan rings is 1. The summed E-state index contributed by atoms with van der Waals surface area (Å²) in [7, 11) is 0. The number of benzene rings is 3. The van der Waals surface area contributed by atoms with Crippen LogP contribution in [0.15, 0.2) is 107 Å². The highest BCUT2D eigenvalue weighted by Gasteiger charge is 2.15. The number of hydrogen-bond donors (Lipinski definition) is 2. The molecule has 0 saturated carbocycles. The molecule has 0 saturated heterocycles. The van der Waals surface area contributed by atoms with Gasteiger partial charge in [-0.05, 0) is 59.7 Å². The van der Waals surface area contributed by atoms with Crippen molar-refractivity contribution >= 4 is 17.9 Å². The first-order chi connectivity index (χ1) is 17.1. The van der Waals surface area contributed by atoms with E-state index >= 15 is 0 Å². The standard InChI is InChI=1S/C28H23FN2O4/c29-23-12-8-21(9-13-23)19-35-24-14-10-20(11-15-24)18-30-28(33)26(17-25-7-4-16-34-25)31-27(32)22-5-2-1-3-6-22/h1-17H,18-19H2,(H,30,33)(H,31,32)/b26-17-. The van der Waals surface area contributed by atoms with Crippen LogP contribution in [0, 0.1) is 5.82 Å². The van der Waals surface area contributed by atoms with Gasteiger partial charge in [-0.2, -0.15) is 0 Å². The van der Waals surface area contributed by atoms with Gasteiger partial charge in [0.25, 0.3) is 11.8 Å². The molecule has 4 rings (SSSR count). The normalized spacial score (nSPS) is 11.1. The summed E-state index contributed by atoms with van der Waals surface area (Å²) in [5, 5.41) is 5.47. The van der Waals surface area contributed by atoms with Crippen LogP contribution in [0.3, 0.4) is 0 Å². The molecule has 0 unspecified atom stereocenters. The maximum absolute atomic E-state index is 13.0. The smallest absolute Gasteiger partial charge is 0.268 e. The number of amides is 2. The van der Waals surface area contributed by atoms with Crippen molar-refractivity contribution in [2.45, 2.75) is 13.2 Å². The summed E-state index contributed by atoms with van der Waals surface area (Å²) >= 11 is 0. The molecule has 4 aromatic rings. The summed E-state index contributed by atoms with van der Waals surface area (Å²) < 4.78 is 24.0. The number of rotatable bonds is 9. The first kappa shape index (κ1) is 23.5. The molecule has 0 radical (unpaired) electrons. The maximum atomic E-state index is 13.0. The zero-order valence-electron chi connectivity index (χ0n) is 18.7. The average molecular weight is 471 g/mol. The van der Waals surface area contributed by atoms with Crippen molar-refractivity contribution < 1.29 is 23.1 Å². The SMILES string of the molecule is O=C(NCc1ccc(OCc2ccc(F)cc2)cc1)/C(=C/c1ccco1)NC(=O)c1ccccc1. The Morgan fingerprint density at radius 2 is 1.57 bits per heavy atom. The first-order valence-electron chi connectivity index (χ1n) is 10.9. The fourth-order valence-electron chi connectivity index (χ4n) is 3.19. The molecule has 176 valence electrons. The monoisotopic (exact) mass is 470 g/mol. The van der Waals surface area contributed by atoms with E-state index in [2.05, 4.69) is 10.6 Å². The van der Waals surface area contributed by atoms with Crippen LogP contribution in [0.5, 0.6) is 5.75 Å². The van der Waals surface area contributed by atoms with E-state index in [1.54, 1.807) is 60.7 Å². The van der Waals surface area contributed by atoms with Crippen LogP contribution in [-0.2, 0) is 17.9 Å². The third-order valence-electron chi connectivity index (χ3n) is 5.05. The van der Waals surface area contributed by atoms with Gasteiger partial charge in [0.15, 0.2) is 0 Å². The highest BCUT2D eigenvalue weighted by atomic mass is 19.1. The van der Waals surface area contributed by atoms with Gasteiger partial charge in [-0.3, -0.25) is 9.59 Å². The van der Waals surface area contributed by atoms with E-state index in [0.29, 0.717) is 23.7 Å². The number of carbonyl (C=O) groups excluding carboxylic acids is 2. The molecule has 0 spiro atoms. The fourth-order valence-corrected chi connectivity index (χ4v) is 3.19. The summed E-state index contributed by atoms with van der Waals surface area (Å²) in [6, 6.07) is 25.4. The molecular weight excluding hydrogens is 447 g/mol. The molecule has 0 bridgehead atoms. The van der Waals surface area contributed by atoms with Crippen molar-refractivity contribution in [2.75, 3.05) is 0 Å². The predicted molar refractivity (Wildman–Crippen MR) is 130 cm³/mol. The van der Waals surface area contributed by atoms with Crippen LogP contribution in [-0.4, -0.2) is 11.8 Å². The van der Waals surface area contributed by atoms with Gasteiger partial charge in [-0.25, -0.2) is 4.39 Å². The molecule has 0 aliphatic heterocycles. The van der Waals surface area contributed by atoms with Gasteiger partial charge >= 0.3 is 0 Å². The number of nitrogens with one attached hydrogen (secondary N) is 2. The van der Waals surface area contributed by atoms with E-state index < -0.39 is 11.8 Å². The Balaban J connectivity index is 1.36. The molecular formula is C28H23FN2O4. The molecule has 7 heteroatoms. The number of ether oxygens (including phenoxy) is 1. The zero-order valence-corrected chi connectivity index (χ0v) is 18.7. The van der Waals surface area contributed by atoms with E-state index in [9.17, 15) is 14.0 Å². The molecule has 1 heterocycles. The summed E-state index contributed by atoms with van der Waals surface area (Å²) in [5.41, 5.74) is 2.20. The molecule has 6 nitrogen and oxygen atoms in total. The lowest BCUT2D eigenvalue weighted by molar-refractivity contribution is -0.117. The lowest BCUT2D eigenvalue weighted by Gasteiger charge is -2.11. The Hall–Kier alpha value is -4.65. The van der Waals surface area contributed by atoms with Gasteiger partial charge < -0.3 is 19.8 Å². The summed E-state index contributed by atoms with van der Waals surface area (Å²) in [6.45, 7) is 0.562. The molecule has 2 N–H and O–H groups in total. The third kappa shape index (κ3) is 6.91. The maximum Gasteiger partial charge on any atom is 0.268 e. The Labute approximate surface area is 202 Å². The van der Waals surface area contributed by atoms with Crippen LogP contribution in [0.4, 0.5) is 4.39 Å². The largest absolute Gasteiger partial charge is 0.489 e. The van der Waals surface area contributed by atoms with Crippen molar-refractivity contribution in [3.63, 3.8) is 0 Å². The Bertz CT molecular complexity index is 1280. The van der Waals surface area contributed by atoms with Gasteiger partial charge in [-0.15, -0.1) is 0 Å². The number of carbonyl (C=O) groups is 2. The number of hydrogen-bond acceptors (Lipinski definition) is 4. The van der Waals surface area contributed by atoms with Crippen LogP contribution < -0.4 is 15.4 Å². The van der Waals surface area contributed by atoms with Crippen molar-refractivity contribution in [3.8, 4) is 5.75 Å². The number of halogens is 1. The molecule has 35 heavy (non-hydrogen) atoms. The first-order valence-corrected chi connectivity index (χ1v) is 10.9. The van der Waals surface area contributed by atoms with Crippen molar-refractivity contribution in [1.82, 2.24) is 10.6 Å². The second-order valence-electron chi connectivity index (χ2n) is 7.64. The molecule has 1 aromatic heterocycles. The Morgan fingerprint density at radius 1 is 0.857 bits per heavy atom. The minimum atomic E-state index is -0.456. The molecule has 0 aliphatic carbocycles. The van der Waals surface area contributed by atoms with Crippen molar-refractivity contribution in [3.05, 3.63) is 131 Å². The molecule has 0 fully saturated rings. The molecule has 0 aliphatic rings. The molecule has 3 aromatic carbocycles. The minimum absolute atomic E-state index is 0.0630. The second-order valence-corrected chi connectivity index (χ2v) is 7.64. The van der Waals surface area contributed by atoms with E-state index in [0.717, 1.165) is 11.1 Å². The summed E-state index contributed by atoms with van der Waals surface area (Å²) in [6.07, 6.45) is 2.96. The Morgan fingerprint density at radius 3 is 2.26 bits per heavy atom. The summed E-state index contributed by atoms with van der Waals surface area (Å²) in [5.74, 6) is -0.0606. The molecule has 0 atom stereocenters. The highest BCUT2D eigenvalue weighted by molar-refractivity contribution is 6.05. The van der Waals surface area contributed by atoms with Gasteiger partial charge in [0, 0.05) is 18.2 Å². The summed E-state index contributed by atoms with van der Waals surface area (Å²) in [4.78, 5) is 25.5. The second kappa shape index (κ2) is 11.5. The van der Waals surface area contributed by atoms with Gasteiger partial charge in [0.2, 0.25) is 0 Å². The average Bonchev–Trinajstić information content (AvgIpc) is 3.41. The van der Waals surface area contributed by atoms with Crippen LogP contribution in [0.2, 0.25) is 0 Å². The molecule has 2 amide bonds. The predicted octanol–water partition coefficient (Wildman–Crippen LogP) is 5.09. The van der Waals surface area contributed by atoms with Crippen molar-refractivity contribution in [1.29, 1.82) is 0 Å². The van der Waals surface area contributed by atoms with Gasteiger partial charge in [-0.1, -0.05) is 42.5 Å². The van der Waals surface area contributed by atoms with Crippen LogP contribution in [0.1, 0.15) is 27.2 Å². The van der Waals surface area contributed by atoms with E-state index in [4.69, 9.17) is 9.15 Å². The fraction of sp³-hybridized carbons (Fsp3) is 0.0714. The van der Waals surface area contributed by atoms with E-state index in [-0.39, 0.29) is 18.1 Å². The zero-order chi connectivity index (χ0) is 24.5. The lowest BCUT2D eigenvalue weighted by atomic mass is 10.2. The van der Waals surface area contributed by atoms with Crippen LogP contribution >= 0.6 is 0 Å². The minimum Gasteiger partial charge on any atom is -0.489 e.